The third-order valence-corrected chi connectivity index (χ3v) is 2.46. The molecule has 0 aliphatic heterocycles. The number of ether oxygens (including phenoxy) is 1. The van der Waals surface area contributed by atoms with Crippen LogP contribution in [0.25, 0.3) is 0 Å². The molecule has 13 heavy (non-hydrogen) atoms. The minimum Gasteiger partial charge on any atom is -0.375 e. The molecule has 0 fully saturated rings. The molecule has 0 aromatic heterocycles. The Morgan fingerprint density at radius 1 is 1.31 bits per heavy atom. The highest BCUT2D eigenvalue weighted by molar-refractivity contribution is 9.10. The van der Waals surface area contributed by atoms with Crippen LogP contribution in [0.2, 0.25) is 0 Å². The Labute approximate surface area is 87.2 Å². The number of hydrogen-bond acceptors (Lipinski definition) is 2. The van der Waals surface area contributed by atoms with E-state index in [-0.39, 0.29) is 12.1 Å². The van der Waals surface area contributed by atoms with Crippen molar-refractivity contribution in [3.05, 3.63) is 34.3 Å². The first-order valence-electron chi connectivity index (χ1n) is 4.19. The highest BCUT2D eigenvalue weighted by Gasteiger charge is 2.14. The number of benzene rings is 1. The molecule has 72 valence electrons. The van der Waals surface area contributed by atoms with Crippen molar-refractivity contribution in [3.8, 4) is 0 Å². The van der Waals surface area contributed by atoms with Gasteiger partial charge in [0.15, 0.2) is 0 Å². The van der Waals surface area contributed by atoms with E-state index in [0.29, 0.717) is 0 Å². The van der Waals surface area contributed by atoms with Crippen LogP contribution in [0.3, 0.4) is 0 Å². The van der Waals surface area contributed by atoms with E-state index in [4.69, 9.17) is 10.5 Å². The molecule has 0 radical (unpaired) electrons. The number of rotatable bonds is 3. The van der Waals surface area contributed by atoms with Crippen LogP contribution in [-0.4, -0.2) is 13.2 Å². The average molecular weight is 244 g/mol. The van der Waals surface area contributed by atoms with Crippen LogP contribution in [0, 0.1) is 0 Å². The number of hydrogen-bond donors (Lipinski definition) is 1. The van der Waals surface area contributed by atoms with Gasteiger partial charge in [0.05, 0.1) is 6.10 Å². The zero-order valence-electron chi connectivity index (χ0n) is 7.83. The molecular weight excluding hydrogens is 230 g/mol. The van der Waals surface area contributed by atoms with E-state index in [1.807, 2.05) is 31.2 Å². The maximum Gasteiger partial charge on any atom is 0.0969 e. The zero-order chi connectivity index (χ0) is 9.84. The minimum atomic E-state index is -0.0203. The van der Waals surface area contributed by atoms with Crippen LogP contribution in [0.4, 0.5) is 0 Å². The van der Waals surface area contributed by atoms with E-state index in [2.05, 4.69) is 15.9 Å². The van der Waals surface area contributed by atoms with Crippen LogP contribution in [0.5, 0.6) is 0 Å². The van der Waals surface area contributed by atoms with Crippen LogP contribution >= 0.6 is 15.9 Å². The second-order valence-electron chi connectivity index (χ2n) is 3.07. The maximum absolute atomic E-state index is 5.78. The molecule has 3 heteroatoms. The predicted octanol–water partition coefficient (Wildman–Crippen LogP) is 2.48. The maximum atomic E-state index is 5.78. The molecule has 1 aromatic rings. The van der Waals surface area contributed by atoms with E-state index >= 15 is 0 Å². The summed E-state index contributed by atoms with van der Waals surface area (Å²) < 4.78 is 6.36. The summed E-state index contributed by atoms with van der Waals surface area (Å²) in [5.41, 5.74) is 6.89. The predicted molar refractivity (Wildman–Crippen MR) is 57.5 cm³/mol. The molecule has 0 saturated heterocycles. The molecule has 0 bridgehead atoms. The first-order chi connectivity index (χ1) is 6.15. The number of halogens is 1. The highest BCUT2D eigenvalue weighted by Crippen LogP contribution is 2.21. The molecule has 1 aromatic carbocycles. The summed E-state index contributed by atoms with van der Waals surface area (Å²) in [6, 6.07) is 8.02. The summed E-state index contributed by atoms with van der Waals surface area (Å²) in [5, 5.41) is 0. The third kappa shape index (κ3) is 2.79. The van der Waals surface area contributed by atoms with Gasteiger partial charge in [-0.2, -0.15) is 0 Å². The van der Waals surface area contributed by atoms with Gasteiger partial charge in [-0.05, 0) is 24.6 Å². The van der Waals surface area contributed by atoms with Crippen molar-refractivity contribution < 1.29 is 4.74 Å². The van der Waals surface area contributed by atoms with Crippen LogP contribution < -0.4 is 5.73 Å². The summed E-state index contributed by atoms with van der Waals surface area (Å²) in [7, 11) is 1.68. The van der Waals surface area contributed by atoms with Crippen molar-refractivity contribution in [3.63, 3.8) is 0 Å². The second kappa shape index (κ2) is 4.74. The minimum absolute atomic E-state index is 0.00572. The Kier molecular flexibility index (Phi) is 3.90. The second-order valence-corrected chi connectivity index (χ2v) is 3.98. The van der Waals surface area contributed by atoms with Gasteiger partial charge in [-0.15, -0.1) is 0 Å². The molecule has 0 heterocycles. The van der Waals surface area contributed by atoms with Crippen molar-refractivity contribution in [2.24, 2.45) is 5.73 Å². The quantitative estimate of drug-likeness (QED) is 0.886. The van der Waals surface area contributed by atoms with Gasteiger partial charge in [0.1, 0.15) is 0 Å². The van der Waals surface area contributed by atoms with Gasteiger partial charge in [0.25, 0.3) is 0 Å². The lowest BCUT2D eigenvalue weighted by molar-refractivity contribution is 0.0853. The Hall–Kier alpha value is -0.380. The molecule has 0 saturated carbocycles. The first-order valence-corrected chi connectivity index (χ1v) is 4.98. The van der Waals surface area contributed by atoms with Gasteiger partial charge in [0.2, 0.25) is 0 Å². The van der Waals surface area contributed by atoms with E-state index < -0.39 is 0 Å². The zero-order valence-corrected chi connectivity index (χ0v) is 9.41. The molecule has 0 aliphatic rings. The topological polar surface area (TPSA) is 35.2 Å². The van der Waals surface area contributed by atoms with Gasteiger partial charge in [-0.3, -0.25) is 0 Å². The van der Waals surface area contributed by atoms with Crippen LogP contribution in [0.15, 0.2) is 28.7 Å². The van der Waals surface area contributed by atoms with E-state index in [1.54, 1.807) is 7.11 Å². The fourth-order valence-electron chi connectivity index (χ4n) is 1.31. The lowest BCUT2D eigenvalue weighted by Gasteiger charge is -2.19. The van der Waals surface area contributed by atoms with Gasteiger partial charge in [0, 0.05) is 17.6 Å². The molecule has 1 rings (SSSR count). The molecular formula is C10H14BrNO. The van der Waals surface area contributed by atoms with Crippen molar-refractivity contribution in [1.29, 1.82) is 0 Å². The van der Waals surface area contributed by atoms with Gasteiger partial charge in [-0.1, -0.05) is 28.1 Å². The van der Waals surface area contributed by atoms with E-state index in [1.165, 1.54) is 0 Å². The molecule has 2 nitrogen and oxygen atoms in total. The molecule has 0 amide bonds. The summed E-state index contributed by atoms with van der Waals surface area (Å²) in [5.74, 6) is 0. The number of methoxy groups -OCH3 is 1. The van der Waals surface area contributed by atoms with Crippen molar-refractivity contribution >= 4 is 15.9 Å². The highest BCUT2D eigenvalue weighted by atomic mass is 79.9. The largest absolute Gasteiger partial charge is 0.375 e. The molecule has 2 N–H and O–H groups in total. The van der Waals surface area contributed by atoms with E-state index in [0.717, 1.165) is 10.0 Å². The summed E-state index contributed by atoms with van der Waals surface area (Å²) in [6.07, 6.45) is -0.0203. The summed E-state index contributed by atoms with van der Waals surface area (Å²) >= 11 is 3.38. The van der Waals surface area contributed by atoms with Crippen molar-refractivity contribution in [2.45, 2.75) is 19.1 Å². The molecule has 0 aliphatic carbocycles. The lowest BCUT2D eigenvalue weighted by Crippen LogP contribution is -2.25. The number of nitrogens with two attached hydrogens (primary N) is 1. The van der Waals surface area contributed by atoms with Gasteiger partial charge >= 0.3 is 0 Å². The van der Waals surface area contributed by atoms with Crippen LogP contribution in [0.1, 0.15) is 18.6 Å². The van der Waals surface area contributed by atoms with Crippen molar-refractivity contribution in [1.82, 2.24) is 0 Å². The van der Waals surface area contributed by atoms with E-state index in [9.17, 15) is 0 Å². The fourth-order valence-corrected chi connectivity index (χ4v) is 1.57. The van der Waals surface area contributed by atoms with Crippen molar-refractivity contribution in [2.75, 3.05) is 7.11 Å². The fraction of sp³-hybridized carbons (Fsp3) is 0.400. The Morgan fingerprint density at radius 2 is 1.85 bits per heavy atom. The van der Waals surface area contributed by atoms with Crippen LogP contribution in [-0.2, 0) is 4.74 Å². The summed E-state index contributed by atoms with van der Waals surface area (Å²) in [6.45, 7) is 1.94. The summed E-state index contributed by atoms with van der Waals surface area (Å²) in [4.78, 5) is 0. The standard InChI is InChI=1S/C10H14BrNO/c1-7(12)10(13-2)8-3-5-9(11)6-4-8/h3-7,10H,12H2,1-2H3/t7-,10-/m1/s1. The first kappa shape index (κ1) is 10.7. The lowest BCUT2D eigenvalue weighted by atomic mass is 10.0. The monoisotopic (exact) mass is 243 g/mol. The normalized spacial score (nSPS) is 15.4. The smallest absolute Gasteiger partial charge is 0.0969 e. The third-order valence-electron chi connectivity index (χ3n) is 1.93. The Morgan fingerprint density at radius 3 is 2.23 bits per heavy atom. The Bertz CT molecular complexity index is 258. The SMILES string of the molecule is CO[C@@H](c1ccc(Br)cc1)[C@@H](C)N. The molecule has 2 atom stereocenters. The van der Waals surface area contributed by atoms with Gasteiger partial charge in [-0.25, -0.2) is 0 Å². The molecule has 0 spiro atoms. The van der Waals surface area contributed by atoms with Gasteiger partial charge < -0.3 is 10.5 Å². The average Bonchev–Trinajstić information content (AvgIpc) is 2.09. The Balaban J connectivity index is 2.86. The molecule has 0 unspecified atom stereocenters.